The molecule has 3 aromatic rings. The van der Waals surface area contributed by atoms with Crippen LogP contribution in [-0.4, -0.2) is 42.3 Å². The van der Waals surface area contributed by atoms with Gasteiger partial charge < -0.3 is 4.74 Å². The highest BCUT2D eigenvalue weighted by Crippen LogP contribution is 2.40. The molecule has 0 atom stereocenters. The summed E-state index contributed by atoms with van der Waals surface area (Å²) in [5, 5.41) is 40.6. The van der Waals surface area contributed by atoms with E-state index in [1.807, 2.05) is 0 Å². The normalized spacial score (nSPS) is 10.6. The van der Waals surface area contributed by atoms with E-state index in [0.717, 1.165) is 4.68 Å². The third-order valence-electron chi connectivity index (χ3n) is 3.57. The first-order valence-electron chi connectivity index (χ1n) is 7.37. The van der Waals surface area contributed by atoms with E-state index in [1.165, 1.54) is 0 Å². The van der Waals surface area contributed by atoms with Crippen LogP contribution in [0.2, 0.25) is 0 Å². The molecule has 0 amide bonds. The Labute approximate surface area is 153 Å². The summed E-state index contributed by atoms with van der Waals surface area (Å²) in [5.41, 5.74) is -2.15. The fraction of sp³-hybridized carbons (Fsp3) is 0.0714. The molecule has 0 N–H and O–H groups in total. The number of nitro groups is 3. The summed E-state index contributed by atoms with van der Waals surface area (Å²) < 4.78 is 5.89. The number of hydrogen-bond donors (Lipinski definition) is 0. The predicted molar refractivity (Wildman–Crippen MR) is 90.1 cm³/mol. The van der Waals surface area contributed by atoms with Crippen LogP contribution in [0.5, 0.6) is 5.75 Å². The van der Waals surface area contributed by atoms with Gasteiger partial charge in [0.2, 0.25) is 0 Å². The van der Waals surface area contributed by atoms with Gasteiger partial charge in [-0.1, -0.05) is 17.3 Å². The zero-order chi connectivity index (χ0) is 20.4. The van der Waals surface area contributed by atoms with Crippen LogP contribution in [0.4, 0.5) is 17.1 Å². The zero-order valence-electron chi connectivity index (χ0n) is 13.6. The minimum absolute atomic E-state index is 0.337. The van der Waals surface area contributed by atoms with Crippen molar-refractivity contribution in [1.29, 1.82) is 0 Å². The SMILES string of the molecule is O=C(COc1c([N+](=O)[O-])cc([N+](=O)[O-])cc1[N+](=O)[O-])n1nnc2ccccc21. The van der Waals surface area contributed by atoms with Crippen LogP contribution in [0.1, 0.15) is 4.79 Å². The fourth-order valence-electron chi connectivity index (χ4n) is 2.36. The number of nitro benzene ring substituents is 3. The molecule has 14 heteroatoms. The van der Waals surface area contributed by atoms with Gasteiger partial charge in [0.15, 0.2) is 6.61 Å². The minimum Gasteiger partial charge on any atom is -0.472 e. The maximum atomic E-state index is 12.3. The van der Waals surface area contributed by atoms with Crippen molar-refractivity contribution in [2.24, 2.45) is 0 Å². The average molecular weight is 388 g/mol. The van der Waals surface area contributed by atoms with E-state index in [2.05, 4.69) is 10.3 Å². The number of benzene rings is 2. The van der Waals surface area contributed by atoms with Crippen LogP contribution in [0, 0.1) is 30.3 Å². The van der Waals surface area contributed by atoms with Crippen molar-refractivity contribution in [1.82, 2.24) is 15.0 Å². The smallest absolute Gasteiger partial charge is 0.325 e. The van der Waals surface area contributed by atoms with Crippen molar-refractivity contribution in [3.63, 3.8) is 0 Å². The van der Waals surface area contributed by atoms with Crippen molar-refractivity contribution < 1.29 is 24.3 Å². The lowest BCUT2D eigenvalue weighted by atomic mass is 10.2. The number of hydrogen-bond acceptors (Lipinski definition) is 10. The van der Waals surface area contributed by atoms with Gasteiger partial charge in [0.05, 0.1) is 32.4 Å². The van der Waals surface area contributed by atoms with Gasteiger partial charge in [-0.2, -0.15) is 4.68 Å². The molecule has 1 heterocycles. The van der Waals surface area contributed by atoms with E-state index >= 15 is 0 Å². The molecule has 3 rings (SSSR count). The highest BCUT2D eigenvalue weighted by atomic mass is 16.6. The molecule has 14 nitrogen and oxygen atoms in total. The largest absolute Gasteiger partial charge is 0.472 e. The molecule has 0 unspecified atom stereocenters. The van der Waals surface area contributed by atoms with Gasteiger partial charge in [-0.3, -0.25) is 35.1 Å². The second kappa shape index (κ2) is 7.02. The van der Waals surface area contributed by atoms with E-state index in [-0.39, 0.29) is 0 Å². The molecule has 0 bridgehead atoms. The maximum absolute atomic E-state index is 12.3. The third kappa shape index (κ3) is 3.28. The standard InChI is InChI=1S/C14H8N6O8/c21-13(17-10-4-2-1-3-9(10)15-16-17)7-28-14-11(19(24)25)5-8(18(22)23)6-12(14)20(26)27/h1-6H,7H2. The van der Waals surface area contributed by atoms with E-state index in [9.17, 15) is 35.1 Å². The van der Waals surface area contributed by atoms with Crippen molar-refractivity contribution >= 4 is 34.0 Å². The maximum Gasteiger partial charge on any atom is 0.325 e. The number of rotatable bonds is 6. The van der Waals surface area contributed by atoms with Crippen molar-refractivity contribution in [2.45, 2.75) is 0 Å². The summed E-state index contributed by atoms with van der Waals surface area (Å²) >= 11 is 0. The van der Waals surface area contributed by atoms with Crippen molar-refractivity contribution in [3.05, 3.63) is 66.7 Å². The fourth-order valence-corrected chi connectivity index (χ4v) is 2.36. The van der Waals surface area contributed by atoms with Gasteiger partial charge >= 0.3 is 11.4 Å². The van der Waals surface area contributed by atoms with Gasteiger partial charge in [-0.25, -0.2) is 0 Å². The molecule has 0 fully saturated rings. The Bertz CT molecular complexity index is 1100. The molecule has 0 aliphatic heterocycles. The molecule has 28 heavy (non-hydrogen) atoms. The Morgan fingerprint density at radius 2 is 1.61 bits per heavy atom. The predicted octanol–water partition coefficient (Wildman–Crippen LogP) is 1.88. The Kier molecular flexibility index (Phi) is 4.59. The van der Waals surface area contributed by atoms with Gasteiger partial charge in [0.25, 0.3) is 17.3 Å². The number of non-ortho nitro benzene ring substituents is 1. The topological polar surface area (TPSA) is 186 Å². The molecule has 0 spiro atoms. The van der Waals surface area contributed by atoms with Crippen molar-refractivity contribution in [2.75, 3.05) is 6.61 Å². The second-order valence-electron chi connectivity index (χ2n) is 5.26. The van der Waals surface area contributed by atoms with Crippen LogP contribution >= 0.6 is 0 Å². The second-order valence-corrected chi connectivity index (χ2v) is 5.26. The Morgan fingerprint density at radius 3 is 2.18 bits per heavy atom. The van der Waals surface area contributed by atoms with Gasteiger partial charge in [-0.05, 0) is 12.1 Å². The number of ether oxygens (including phenoxy) is 1. The number of nitrogens with zero attached hydrogens (tertiary/aromatic N) is 6. The molecule has 0 aliphatic carbocycles. The molecule has 0 radical (unpaired) electrons. The monoisotopic (exact) mass is 388 g/mol. The first kappa shape index (κ1) is 18.3. The lowest BCUT2D eigenvalue weighted by molar-refractivity contribution is -0.404. The van der Waals surface area contributed by atoms with Crippen LogP contribution in [0.25, 0.3) is 11.0 Å². The van der Waals surface area contributed by atoms with Gasteiger partial charge in [0.1, 0.15) is 5.52 Å². The highest BCUT2D eigenvalue weighted by Gasteiger charge is 2.32. The minimum atomic E-state index is -1.08. The molecular weight excluding hydrogens is 380 g/mol. The number of aromatic nitrogens is 3. The summed E-state index contributed by atoms with van der Waals surface area (Å²) in [6, 6.07) is 7.46. The quantitative estimate of drug-likeness (QED) is 0.445. The third-order valence-corrected chi connectivity index (χ3v) is 3.57. The average Bonchev–Trinajstić information content (AvgIpc) is 3.09. The molecule has 0 saturated carbocycles. The Morgan fingerprint density at radius 1 is 1.00 bits per heavy atom. The van der Waals surface area contributed by atoms with Crippen LogP contribution < -0.4 is 4.74 Å². The van der Waals surface area contributed by atoms with E-state index in [4.69, 9.17) is 4.74 Å². The molecular formula is C14H8N6O8. The van der Waals surface area contributed by atoms with Gasteiger partial charge in [0, 0.05) is 0 Å². The number of para-hydroxylation sites is 1. The summed E-state index contributed by atoms with van der Waals surface area (Å²) in [6.07, 6.45) is 0. The summed E-state index contributed by atoms with van der Waals surface area (Å²) in [4.78, 5) is 42.4. The van der Waals surface area contributed by atoms with Crippen LogP contribution in [-0.2, 0) is 0 Å². The highest BCUT2D eigenvalue weighted by molar-refractivity contribution is 5.89. The summed E-state index contributed by atoms with van der Waals surface area (Å²) in [5.74, 6) is -1.69. The van der Waals surface area contributed by atoms with Gasteiger partial charge in [-0.15, -0.1) is 5.10 Å². The van der Waals surface area contributed by atoms with E-state index in [0.29, 0.717) is 23.2 Å². The first-order valence-corrected chi connectivity index (χ1v) is 7.37. The number of carbonyl (C=O) groups excluding carboxylic acids is 1. The lowest BCUT2D eigenvalue weighted by Gasteiger charge is -2.07. The molecule has 2 aromatic carbocycles. The first-order chi connectivity index (χ1) is 13.3. The van der Waals surface area contributed by atoms with E-state index in [1.54, 1.807) is 24.3 Å². The summed E-state index contributed by atoms with van der Waals surface area (Å²) in [6.45, 7) is -0.854. The Hall–Kier alpha value is -4.49. The van der Waals surface area contributed by atoms with Crippen molar-refractivity contribution in [3.8, 4) is 5.75 Å². The number of carbonyl (C=O) groups is 1. The lowest BCUT2D eigenvalue weighted by Crippen LogP contribution is -2.21. The van der Waals surface area contributed by atoms with E-state index < -0.39 is 50.1 Å². The Balaban J connectivity index is 1.97. The molecule has 0 aliphatic rings. The number of fused-ring (bicyclic) bond motifs is 1. The van der Waals surface area contributed by atoms with Crippen LogP contribution in [0.3, 0.4) is 0 Å². The molecule has 1 aromatic heterocycles. The van der Waals surface area contributed by atoms with Crippen LogP contribution in [0.15, 0.2) is 36.4 Å². The molecule has 0 saturated heterocycles. The zero-order valence-corrected chi connectivity index (χ0v) is 13.6. The molecule has 142 valence electrons. The summed E-state index contributed by atoms with van der Waals surface area (Å²) in [7, 11) is 0.